The monoisotopic (exact) mass is 292 g/mol. The van der Waals surface area contributed by atoms with Gasteiger partial charge in [-0.15, -0.1) is 0 Å². The number of nitrogens with zero attached hydrogens (tertiary/aromatic N) is 2. The predicted molar refractivity (Wildman–Crippen MR) is 70.9 cm³/mol. The van der Waals surface area contributed by atoms with Crippen molar-refractivity contribution in [3.63, 3.8) is 0 Å². The highest BCUT2D eigenvalue weighted by molar-refractivity contribution is 5.93. The molecule has 108 valence electrons. The third kappa shape index (κ3) is 2.89. The van der Waals surface area contributed by atoms with Crippen molar-refractivity contribution in [2.24, 2.45) is 4.99 Å². The highest BCUT2D eigenvalue weighted by Crippen LogP contribution is 2.29. The topological polar surface area (TPSA) is 34.5 Å². The molecule has 3 rings (SSSR count). The molecule has 3 nitrogen and oxygen atoms in total. The summed E-state index contributed by atoms with van der Waals surface area (Å²) in [7, 11) is 0. The summed E-state index contributed by atoms with van der Waals surface area (Å²) in [6, 6.07) is 11.7. The van der Waals surface area contributed by atoms with Crippen LogP contribution < -0.4 is 0 Å². The maximum absolute atomic E-state index is 12.5. The third-order valence-corrected chi connectivity index (χ3v) is 3.15. The minimum Gasteiger partial charge on any atom is -0.474 e. The van der Waals surface area contributed by atoms with Gasteiger partial charge in [-0.05, 0) is 17.7 Å². The maximum atomic E-state index is 12.5. The van der Waals surface area contributed by atoms with Gasteiger partial charge in [-0.1, -0.05) is 30.3 Å². The van der Waals surface area contributed by atoms with Crippen molar-refractivity contribution in [3.05, 3.63) is 65.5 Å². The fraction of sp³-hybridized carbons (Fsp3) is 0.200. The maximum Gasteiger partial charge on any atom is 0.417 e. The summed E-state index contributed by atoms with van der Waals surface area (Å²) < 4.78 is 42.9. The Balaban J connectivity index is 1.82. The van der Waals surface area contributed by atoms with Gasteiger partial charge in [0.15, 0.2) is 0 Å². The van der Waals surface area contributed by atoms with E-state index in [0.29, 0.717) is 12.3 Å². The van der Waals surface area contributed by atoms with Crippen molar-refractivity contribution in [2.75, 3.05) is 6.61 Å². The number of ether oxygens (including phenoxy) is 1. The van der Waals surface area contributed by atoms with Crippen molar-refractivity contribution >= 4 is 5.90 Å². The number of pyridine rings is 1. The number of alkyl halides is 3. The predicted octanol–water partition coefficient (Wildman–Crippen LogP) is 3.62. The number of benzene rings is 1. The van der Waals surface area contributed by atoms with E-state index in [1.807, 2.05) is 30.3 Å². The normalized spacial score (nSPS) is 18.2. The largest absolute Gasteiger partial charge is 0.474 e. The van der Waals surface area contributed by atoms with Crippen LogP contribution in [-0.2, 0) is 10.9 Å². The lowest BCUT2D eigenvalue weighted by Crippen LogP contribution is -2.08. The van der Waals surface area contributed by atoms with Crippen molar-refractivity contribution in [3.8, 4) is 0 Å². The van der Waals surface area contributed by atoms with Gasteiger partial charge in [0, 0.05) is 6.20 Å². The molecule has 0 N–H and O–H groups in total. The van der Waals surface area contributed by atoms with Gasteiger partial charge < -0.3 is 4.74 Å². The van der Waals surface area contributed by atoms with Gasteiger partial charge >= 0.3 is 6.18 Å². The van der Waals surface area contributed by atoms with Crippen LogP contribution in [0.25, 0.3) is 0 Å². The molecule has 0 aliphatic carbocycles. The van der Waals surface area contributed by atoms with Crippen LogP contribution in [0.3, 0.4) is 0 Å². The Kier molecular flexibility index (Phi) is 3.37. The molecule has 6 heteroatoms. The fourth-order valence-corrected chi connectivity index (χ4v) is 2.05. The van der Waals surface area contributed by atoms with E-state index < -0.39 is 11.7 Å². The van der Waals surface area contributed by atoms with Gasteiger partial charge in [0.2, 0.25) is 5.90 Å². The lowest BCUT2D eigenvalue weighted by atomic mass is 10.1. The summed E-state index contributed by atoms with van der Waals surface area (Å²) in [4.78, 5) is 8.15. The van der Waals surface area contributed by atoms with Crippen LogP contribution in [0.15, 0.2) is 53.7 Å². The minimum absolute atomic E-state index is 0.148. The van der Waals surface area contributed by atoms with Crippen LogP contribution in [0.5, 0.6) is 0 Å². The first-order chi connectivity index (χ1) is 10.0. The lowest BCUT2D eigenvalue weighted by Gasteiger charge is -2.06. The second-order valence-corrected chi connectivity index (χ2v) is 4.60. The number of aliphatic imine (C=N–C) groups is 1. The van der Waals surface area contributed by atoms with Crippen LogP contribution in [0, 0.1) is 0 Å². The van der Waals surface area contributed by atoms with Crippen LogP contribution in [0.4, 0.5) is 13.2 Å². The van der Waals surface area contributed by atoms with Gasteiger partial charge in [-0.3, -0.25) is 4.98 Å². The molecule has 2 heterocycles. The number of hydrogen-bond donors (Lipinski definition) is 0. The Hall–Kier alpha value is -2.37. The summed E-state index contributed by atoms with van der Waals surface area (Å²) in [5.74, 6) is 0.276. The standard InChI is InChI=1S/C15H11F3N2O/c16-15(17,18)11-6-7-12(19-8-11)14-20-13(9-21-14)10-4-2-1-3-5-10/h1-8,13H,9H2/t13-/m1/s1. The molecule has 0 amide bonds. The van der Waals surface area contributed by atoms with E-state index in [2.05, 4.69) is 9.98 Å². The van der Waals surface area contributed by atoms with Gasteiger partial charge in [0.25, 0.3) is 0 Å². The van der Waals surface area contributed by atoms with E-state index in [9.17, 15) is 13.2 Å². The molecule has 0 saturated carbocycles. The first-order valence-corrected chi connectivity index (χ1v) is 6.33. The Morgan fingerprint density at radius 1 is 1.05 bits per heavy atom. The summed E-state index contributed by atoms with van der Waals surface area (Å²) >= 11 is 0. The van der Waals surface area contributed by atoms with E-state index in [1.165, 1.54) is 6.07 Å². The van der Waals surface area contributed by atoms with E-state index in [1.54, 1.807) is 0 Å². The minimum atomic E-state index is -4.39. The molecule has 0 bridgehead atoms. The second-order valence-electron chi connectivity index (χ2n) is 4.60. The van der Waals surface area contributed by atoms with Crippen LogP contribution in [0.2, 0.25) is 0 Å². The zero-order chi connectivity index (χ0) is 14.9. The number of aromatic nitrogens is 1. The van der Waals surface area contributed by atoms with Gasteiger partial charge in [0.05, 0.1) is 5.56 Å². The molecular formula is C15H11F3N2O. The summed E-state index contributed by atoms with van der Waals surface area (Å²) in [5, 5.41) is 0. The average Bonchev–Trinajstić information content (AvgIpc) is 2.97. The van der Waals surface area contributed by atoms with Gasteiger partial charge in [0.1, 0.15) is 18.3 Å². The molecule has 0 unspecified atom stereocenters. The Morgan fingerprint density at radius 3 is 2.43 bits per heavy atom. The Bertz CT molecular complexity index is 651. The second kappa shape index (κ2) is 5.20. The Labute approximate surface area is 119 Å². The lowest BCUT2D eigenvalue weighted by molar-refractivity contribution is -0.137. The number of halogens is 3. The molecule has 0 fully saturated rings. The highest BCUT2D eigenvalue weighted by Gasteiger charge is 2.31. The molecular weight excluding hydrogens is 281 g/mol. The summed E-state index contributed by atoms with van der Waals surface area (Å²) in [6.45, 7) is 0.363. The van der Waals surface area contributed by atoms with Crippen molar-refractivity contribution in [1.82, 2.24) is 4.98 Å². The molecule has 0 spiro atoms. The molecule has 0 radical (unpaired) electrons. The molecule has 1 aromatic carbocycles. The smallest absolute Gasteiger partial charge is 0.417 e. The quantitative estimate of drug-likeness (QED) is 0.847. The first kappa shape index (κ1) is 13.6. The van der Waals surface area contributed by atoms with E-state index in [0.717, 1.165) is 17.8 Å². The first-order valence-electron chi connectivity index (χ1n) is 6.33. The van der Waals surface area contributed by atoms with Crippen LogP contribution in [-0.4, -0.2) is 17.5 Å². The third-order valence-electron chi connectivity index (χ3n) is 3.15. The highest BCUT2D eigenvalue weighted by atomic mass is 19.4. The van der Waals surface area contributed by atoms with Gasteiger partial charge in [-0.25, -0.2) is 4.99 Å². The molecule has 0 saturated heterocycles. The molecule has 1 aromatic heterocycles. The van der Waals surface area contributed by atoms with Crippen molar-refractivity contribution in [2.45, 2.75) is 12.2 Å². The van der Waals surface area contributed by atoms with E-state index in [4.69, 9.17) is 4.74 Å². The van der Waals surface area contributed by atoms with Crippen molar-refractivity contribution < 1.29 is 17.9 Å². The van der Waals surface area contributed by atoms with E-state index >= 15 is 0 Å². The zero-order valence-corrected chi connectivity index (χ0v) is 10.8. The van der Waals surface area contributed by atoms with Gasteiger partial charge in [-0.2, -0.15) is 13.2 Å². The fourth-order valence-electron chi connectivity index (χ4n) is 2.05. The summed E-state index contributed by atoms with van der Waals surface area (Å²) in [5.41, 5.74) is 0.519. The average molecular weight is 292 g/mol. The molecule has 1 atom stereocenters. The molecule has 21 heavy (non-hydrogen) atoms. The van der Waals surface area contributed by atoms with Crippen LogP contribution in [0.1, 0.15) is 22.9 Å². The SMILES string of the molecule is FC(F)(F)c1ccc(C2=N[C@@H](c3ccccc3)CO2)nc1. The number of hydrogen-bond acceptors (Lipinski definition) is 3. The summed E-state index contributed by atoms with van der Waals surface area (Å²) in [6.07, 6.45) is -3.60. The van der Waals surface area contributed by atoms with Crippen LogP contribution >= 0.6 is 0 Å². The van der Waals surface area contributed by atoms with E-state index in [-0.39, 0.29) is 11.9 Å². The zero-order valence-electron chi connectivity index (χ0n) is 10.8. The molecule has 1 aliphatic heterocycles. The number of rotatable bonds is 2. The van der Waals surface area contributed by atoms with Crippen molar-refractivity contribution in [1.29, 1.82) is 0 Å². The Morgan fingerprint density at radius 2 is 1.81 bits per heavy atom. The molecule has 2 aromatic rings. The molecule has 1 aliphatic rings.